The molecular formula is C22H29NO4. The SMILES string of the molecule is CCCCCCOC(=O)c1ccc(NC=C2C(=O)CC(C)(C)CC2=O)cc1. The maximum Gasteiger partial charge on any atom is 0.338 e. The number of nitrogens with one attached hydrogen (secondary N) is 1. The summed E-state index contributed by atoms with van der Waals surface area (Å²) in [5, 5.41) is 2.98. The highest BCUT2D eigenvalue weighted by Gasteiger charge is 2.35. The number of ether oxygens (including phenoxy) is 1. The van der Waals surface area contributed by atoms with E-state index in [1.807, 2.05) is 13.8 Å². The van der Waals surface area contributed by atoms with E-state index < -0.39 is 0 Å². The van der Waals surface area contributed by atoms with Gasteiger partial charge in [0.05, 0.1) is 17.7 Å². The van der Waals surface area contributed by atoms with Crippen molar-refractivity contribution in [1.82, 2.24) is 0 Å². The predicted molar refractivity (Wildman–Crippen MR) is 106 cm³/mol. The van der Waals surface area contributed by atoms with E-state index in [1.165, 1.54) is 6.20 Å². The summed E-state index contributed by atoms with van der Waals surface area (Å²) in [6.45, 7) is 6.42. The van der Waals surface area contributed by atoms with Crippen LogP contribution in [0.5, 0.6) is 0 Å². The zero-order chi connectivity index (χ0) is 19.9. The van der Waals surface area contributed by atoms with E-state index in [1.54, 1.807) is 24.3 Å². The number of carbonyl (C=O) groups excluding carboxylic acids is 3. The number of esters is 1. The van der Waals surface area contributed by atoms with Crippen LogP contribution in [-0.2, 0) is 14.3 Å². The Hall–Kier alpha value is -2.43. The molecule has 1 aromatic carbocycles. The molecule has 1 aromatic rings. The lowest BCUT2D eigenvalue weighted by atomic mass is 9.74. The minimum Gasteiger partial charge on any atom is -0.462 e. The van der Waals surface area contributed by atoms with Crippen LogP contribution in [-0.4, -0.2) is 24.1 Å². The molecular weight excluding hydrogens is 342 g/mol. The molecule has 1 fully saturated rings. The fraction of sp³-hybridized carbons (Fsp3) is 0.500. The molecule has 5 nitrogen and oxygen atoms in total. The number of benzene rings is 1. The fourth-order valence-electron chi connectivity index (χ4n) is 3.07. The molecule has 5 heteroatoms. The van der Waals surface area contributed by atoms with Gasteiger partial charge in [0.1, 0.15) is 0 Å². The molecule has 27 heavy (non-hydrogen) atoms. The lowest BCUT2D eigenvalue weighted by Gasteiger charge is -2.28. The third kappa shape index (κ3) is 6.35. The summed E-state index contributed by atoms with van der Waals surface area (Å²) in [6.07, 6.45) is 6.45. The van der Waals surface area contributed by atoms with Crippen LogP contribution in [0.1, 0.15) is 69.7 Å². The van der Waals surface area contributed by atoms with Crippen molar-refractivity contribution in [2.45, 2.75) is 59.3 Å². The van der Waals surface area contributed by atoms with Crippen molar-refractivity contribution < 1.29 is 19.1 Å². The monoisotopic (exact) mass is 371 g/mol. The number of carbonyl (C=O) groups is 3. The Balaban J connectivity index is 1.89. The van der Waals surface area contributed by atoms with Crippen LogP contribution in [0, 0.1) is 5.41 Å². The Kier molecular flexibility index (Phi) is 7.34. The molecule has 0 amide bonds. The van der Waals surface area contributed by atoms with Gasteiger partial charge in [-0.2, -0.15) is 0 Å². The Bertz CT molecular complexity index is 694. The number of anilines is 1. The molecule has 2 rings (SSSR count). The Morgan fingerprint density at radius 3 is 2.30 bits per heavy atom. The van der Waals surface area contributed by atoms with Gasteiger partial charge in [0.2, 0.25) is 0 Å². The zero-order valence-electron chi connectivity index (χ0n) is 16.5. The number of Topliss-reactive ketones (excluding diaryl/α,β-unsaturated/α-hetero) is 2. The molecule has 0 aromatic heterocycles. The number of hydrogen-bond donors (Lipinski definition) is 1. The van der Waals surface area contributed by atoms with E-state index in [4.69, 9.17) is 4.74 Å². The first kappa shape index (κ1) is 20.9. The summed E-state index contributed by atoms with van der Waals surface area (Å²) in [4.78, 5) is 36.3. The Morgan fingerprint density at radius 2 is 1.70 bits per heavy atom. The molecule has 1 N–H and O–H groups in total. The van der Waals surface area contributed by atoms with Gasteiger partial charge in [0.25, 0.3) is 0 Å². The molecule has 0 spiro atoms. The first-order chi connectivity index (χ1) is 12.8. The maximum absolute atomic E-state index is 12.2. The minimum atomic E-state index is -0.337. The molecule has 1 aliphatic carbocycles. The van der Waals surface area contributed by atoms with E-state index in [-0.39, 0.29) is 28.5 Å². The van der Waals surface area contributed by atoms with Gasteiger partial charge in [-0.3, -0.25) is 9.59 Å². The molecule has 0 atom stereocenters. The van der Waals surface area contributed by atoms with Crippen molar-refractivity contribution in [3.63, 3.8) is 0 Å². The first-order valence-corrected chi connectivity index (χ1v) is 9.63. The van der Waals surface area contributed by atoms with E-state index in [9.17, 15) is 14.4 Å². The van der Waals surface area contributed by atoms with E-state index >= 15 is 0 Å². The third-order valence-corrected chi connectivity index (χ3v) is 4.61. The Labute approximate surface area is 161 Å². The van der Waals surface area contributed by atoms with Crippen LogP contribution >= 0.6 is 0 Å². The van der Waals surface area contributed by atoms with Crippen molar-refractivity contribution in [2.24, 2.45) is 5.41 Å². The molecule has 0 heterocycles. The minimum absolute atomic E-state index is 0.132. The van der Waals surface area contributed by atoms with E-state index in [0.717, 1.165) is 25.7 Å². The number of allylic oxidation sites excluding steroid dienone is 1. The third-order valence-electron chi connectivity index (χ3n) is 4.61. The second kappa shape index (κ2) is 9.49. The number of hydrogen-bond acceptors (Lipinski definition) is 5. The quantitative estimate of drug-likeness (QED) is 0.311. The molecule has 0 unspecified atom stereocenters. The predicted octanol–water partition coefficient (Wildman–Crippen LogP) is 4.68. The van der Waals surface area contributed by atoms with E-state index in [0.29, 0.717) is 30.7 Å². The fourth-order valence-corrected chi connectivity index (χ4v) is 3.07. The van der Waals surface area contributed by atoms with Crippen molar-refractivity contribution in [3.8, 4) is 0 Å². The number of ketones is 2. The average Bonchev–Trinajstić information content (AvgIpc) is 2.60. The summed E-state index contributed by atoms with van der Waals surface area (Å²) in [5.74, 6) is -0.602. The molecule has 0 radical (unpaired) electrons. The topological polar surface area (TPSA) is 72.5 Å². The van der Waals surface area contributed by atoms with Crippen LogP contribution in [0.25, 0.3) is 0 Å². The lowest BCUT2D eigenvalue weighted by molar-refractivity contribution is -0.127. The van der Waals surface area contributed by atoms with Gasteiger partial charge in [-0.05, 0) is 36.1 Å². The highest BCUT2D eigenvalue weighted by Crippen LogP contribution is 2.33. The van der Waals surface area contributed by atoms with Crippen molar-refractivity contribution in [2.75, 3.05) is 11.9 Å². The highest BCUT2D eigenvalue weighted by atomic mass is 16.5. The van der Waals surface area contributed by atoms with Gasteiger partial charge in [-0.1, -0.05) is 40.0 Å². The van der Waals surface area contributed by atoms with Gasteiger partial charge in [0, 0.05) is 24.7 Å². The molecule has 1 saturated carbocycles. The second-order valence-electron chi connectivity index (χ2n) is 7.84. The van der Waals surface area contributed by atoms with Crippen LogP contribution in [0.3, 0.4) is 0 Å². The van der Waals surface area contributed by atoms with Gasteiger partial charge in [-0.25, -0.2) is 4.79 Å². The maximum atomic E-state index is 12.2. The summed E-state index contributed by atoms with van der Waals surface area (Å²) in [5.41, 5.74) is 1.12. The standard InChI is InChI=1S/C22H29NO4/c1-4-5-6-7-12-27-21(26)16-8-10-17(11-9-16)23-15-18-19(24)13-22(2,3)14-20(18)25/h8-11,15,23H,4-7,12-14H2,1-3H3. The summed E-state index contributed by atoms with van der Waals surface area (Å²) in [7, 11) is 0. The molecule has 0 saturated heterocycles. The van der Waals surface area contributed by atoms with Crippen LogP contribution in [0.2, 0.25) is 0 Å². The zero-order valence-corrected chi connectivity index (χ0v) is 16.5. The lowest BCUT2D eigenvalue weighted by Crippen LogP contribution is -2.31. The first-order valence-electron chi connectivity index (χ1n) is 9.63. The largest absolute Gasteiger partial charge is 0.462 e. The highest BCUT2D eigenvalue weighted by molar-refractivity contribution is 6.22. The normalized spacial score (nSPS) is 16.2. The molecule has 1 aliphatic rings. The number of unbranched alkanes of at least 4 members (excludes halogenated alkanes) is 3. The smallest absolute Gasteiger partial charge is 0.338 e. The van der Waals surface area contributed by atoms with Crippen molar-refractivity contribution >= 4 is 23.2 Å². The Morgan fingerprint density at radius 1 is 1.07 bits per heavy atom. The summed E-state index contributed by atoms with van der Waals surface area (Å²) in [6, 6.07) is 6.80. The van der Waals surface area contributed by atoms with Gasteiger partial charge in [0.15, 0.2) is 11.6 Å². The van der Waals surface area contributed by atoms with Gasteiger partial charge < -0.3 is 10.1 Å². The van der Waals surface area contributed by atoms with Crippen LogP contribution < -0.4 is 5.32 Å². The van der Waals surface area contributed by atoms with Crippen molar-refractivity contribution in [3.05, 3.63) is 41.6 Å². The summed E-state index contributed by atoms with van der Waals surface area (Å²) >= 11 is 0. The van der Waals surface area contributed by atoms with Gasteiger partial charge in [-0.15, -0.1) is 0 Å². The molecule has 146 valence electrons. The number of rotatable bonds is 8. The summed E-state index contributed by atoms with van der Waals surface area (Å²) < 4.78 is 5.26. The van der Waals surface area contributed by atoms with Crippen LogP contribution in [0.4, 0.5) is 5.69 Å². The molecule has 0 aliphatic heterocycles. The average molecular weight is 371 g/mol. The van der Waals surface area contributed by atoms with E-state index in [2.05, 4.69) is 12.2 Å². The second-order valence-corrected chi connectivity index (χ2v) is 7.84. The van der Waals surface area contributed by atoms with Gasteiger partial charge >= 0.3 is 5.97 Å². The van der Waals surface area contributed by atoms with Crippen molar-refractivity contribution in [1.29, 1.82) is 0 Å². The van der Waals surface area contributed by atoms with Crippen LogP contribution in [0.15, 0.2) is 36.0 Å². The molecule has 0 bridgehead atoms.